The van der Waals surface area contributed by atoms with Crippen molar-refractivity contribution in [2.75, 3.05) is 11.5 Å². The molecule has 36 heavy (non-hydrogen) atoms. The number of barbiturate groups is 1. The maximum absolute atomic E-state index is 13.3. The van der Waals surface area contributed by atoms with E-state index in [2.05, 4.69) is 37.2 Å². The lowest BCUT2D eigenvalue weighted by Gasteiger charge is -2.26. The second-order valence-electron chi connectivity index (χ2n) is 7.61. The fourth-order valence-corrected chi connectivity index (χ4v) is 4.98. The molecule has 0 bridgehead atoms. The van der Waals surface area contributed by atoms with Gasteiger partial charge in [-0.15, -0.1) is 0 Å². The van der Waals surface area contributed by atoms with E-state index in [-0.39, 0.29) is 12.2 Å². The molecule has 1 fully saturated rings. The van der Waals surface area contributed by atoms with Crippen molar-refractivity contribution in [3.05, 3.63) is 91.3 Å². The van der Waals surface area contributed by atoms with Crippen LogP contribution in [0.2, 0.25) is 5.02 Å². The fourth-order valence-electron chi connectivity index (χ4n) is 3.48. The quantitative estimate of drug-likeness (QED) is 0.237. The number of ether oxygens (including phenoxy) is 2. The van der Waals surface area contributed by atoms with E-state index in [9.17, 15) is 14.4 Å². The molecule has 10 heteroatoms. The zero-order valence-electron chi connectivity index (χ0n) is 18.9. The molecule has 184 valence electrons. The summed E-state index contributed by atoms with van der Waals surface area (Å²) in [5, 5.41) is 2.84. The first-order chi connectivity index (χ1) is 17.3. The summed E-state index contributed by atoms with van der Waals surface area (Å²) in [6.45, 7) is 2.56. The topological polar surface area (TPSA) is 84.9 Å². The van der Waals surface area contributed by atoms with E-state index in [1.165, 1.54) is 6.08 Å². The average Bonchev–Trinajstić information content (AvgIpc) is 2.83. The minimum absolute atomic E-state index is 0.218. The molecule has 0 saturated carbocycles. The average molecular weight is 635 g/mol. The molecule has 1 saturated heterocycles. The summed E-state index contributed by atoms with van der Waals surface area (Å²) >= 11 is 12.9. The van der Waals surface area contributed by atoms with E-state index in [1.807, 2.05) is 19.1 Å². The summed E-state index contributed by atoms with van der Waals surface area (Å²) in [6.07, 6.45) is 1.40. The van der Waals surface area contributed by atoms with Gasteiger partial charge in [-0.25, -0.2) is 9.69 Å². The molecule has 3 aromatic carbocycles. The molecule has 1 aliphatic heterocycles. The molecule has 0 atom stereocenters. The van der Waals surface area contributed by atoms with Crippen molar-refractivity contribution in [2.45, 2.75) is 13.5 Å². The highest BCUT2D eigenvalue weighted by Gasteiger charge is 2.37. The van der Waals surface area contributed by atoms with Crippen molar-refractivity contribution in [1.82, 2.24) is 5.32 Å². The Hall–Kier alpha value is -3.14. The lowest BCUT2D eigenvalue weighted by atomic mass is 10.1. The number of hydrogen-bond donors (Lipinski definition) is 1. The Morgan fingerprint density at radius 2 is 1.67 bits per heavy atom. The number of nitrogens with zero attached hydrogens (tertiary/aromatic N) is 1. The Kier molecular flexibility index (Phi) is 8.13. The van der Waals surface area contributed by atoms with Crippen LogP contribution in [0.4, 0.5) is 10.5 Å². The summed E-state index contributed by atoms with van der Waals surface area (Å²) in [5.74, 6) is -0.537. The van der Waals surface area contributed by atoms with Crippen LogP contribution in [-0.4, -0.2) is 24.5 Å². The van der Waals surface area contributed by atoms with Crippen LogP contribution in [0.25, 0.3) is 6.08 Å². The van der Waals surface area contributed by atoms with Gasteiger partial charge in [-0.05, 0) is 83.0 Å². The molecule has 1 heterocycles. The van der Waals surface area contributed by atoms with Crippen LogP contribution in [0.1, 0.15) is 18.1 Å². The predicted octanol–water partition coefficient (Wildman–Crippen LogP) is 6.51. The number of amides is 4. The minimum Gasteiger partial charge on any atom is -0.494 e. The highest BCUT2D eigenvalue weighted by molar-refractivity contribution is 9.11. The molecule has 1 aliphatic rings. The lowest BCUT2D eigenvalue weighted by molar-refractivity contribution is -0.122. The van der Waals surface area contributed by atoms with Gasteiger partial charge in [-0.1, -0.05) is 39.7 Å². The second-order valence-corrected chi connectivity index (χ2v) is 9.81. The Bertz CT molecular complexity index is 1360. The highest BCUT2D eigenvalue weighted by atomic mass is 79.9. The number of carbonyl (C=O) groups is 3. The third-order valence-corrected chi connectivity index (χ3v) is 6.44. The van der Waals surface area contributed by atoms with E-state index in [4.69, 9.17) is 21.1 Å². The number of benzene rings is 3. The van der Waals surface area contributed by atoms with Gasteiger partial charge in [0, 0.05) is 15.1 Å². The van der Waals surface area contributed by atoms with Gasteiger partial charge >= 0.3 is 6.03 Å². The van der Waals surface area contributed by atoms with Crippen LogP contribution in [0.3, 0.4) is 0 Å². The molecule has 0 radical (unpaired) electrons. The van der Waals surface area contributed by atoms with Gasteiger partial charge in [0.1, 0.15) is 23.7 Å². The molecule has 7 nitrogen and oxygen atoms in total. The molecule has 0 spiro atoms. The van der Waals surface area contributed by atoms with Crippen LogP contribution in [0.15, 0.2) is 75.2 Å². The van der Waals surface area contributed by atoms with Gasteiger partial charge in [-0.3, -0.25) is 14.9 Å². The first-order valence-electron chi connectivity index (χ1n) is 10.8. The third-order valence-electron chi connectivity index (χ3n) is 5.14. The Morgan fingerprint density at radius 3 is 2.33 bits per heavy atom. The smallest absolute Gasteiger partial charge is 0.335 e. The van der Waals surface area contributed by atoms with E-state index < -0.39 is 17.8 Å². The minimum atomic E-state index is -0.832. The number of hydrogen-bond acceptors (Lipinski definition) is 5. The number of rotatable bonds is 7. The lowest BCUT2D eigenvalue weighted by Crippen LogP contribution is -2.54. The Balaban J connectivity index is 1.67. The van der Waals surface area contributed by atoms with Crippen molar-refractivity contribution >= 4 is 73.1 Å². The molecular weight excluding hydrogens is 616 g/mol. The van der Waals surface area contributed by atoms with Gasteiger partial charge in [0.15, 0.2) is 0 Å². The molecule has 0 aliphatic carbocycles. The fraction of sp³-hybridized carbons (Fsp3) is 0.115. The van der Waals surface area contributed by atoms with Crippen LogP contribution in [0.5, 0.6) is 11.5 Å². The van der Waals surface area contributed by atoms with Gasteiger partial charge in [0.05, 0.1) is 16.8 Å². The zero-order chi connectivity index (χ0) is 25.8. The number of carbonyl (C=O) groups excluding carboxylic acids is 3. The van der Waals surface area contributed by atoms with Crippen molar-refractivity contribution in [3.8, 4) is 11.5 Å². The summed E-state index contributed by atoms with van der Waals surface area (Å²) < 4.78 is 12.8. The molecule has 3 aromatic rings. The third kappa shape index (κ3) is 5.80. The monoisotopic (exact) mass is 632 g/mol. The maximum Gasteiger partial charge on any atom is 0.335 e. The van der Waals surface area contributed by atoms with Crippen LogP contribution in [-0.2, 0) is 16.2 Å². The first-order valence-corrected chi connectivity index (χ1v) is 12.7. The second kappa shape index (κ2) is 11.3. The summed E-state index contributed by atoms with van der Waals surface area (Å²) in [6, 6.07) is 16.3. The Labute approximate surface area is 229 Å². The molecule has 1 N–H and O–H groups in total. The van der Waals surface area contributed by atoms with Gasteiger partial charge < -0.3 is 9.47 Å². The van der Waals surface area contributed by atoms with Gasteiger partial charge in [0.25, 0.3) is 11.8 Å². The van der Waals surface area contributed by atoms with Crippen LogP contribution >= 0.6 is 43.5 Å². The standard InChI is InChI=1S/C26H19Br2ClN2O5/c1-2-35-20-9-7-19(8-10-20)31-25(33)21(24(32)30-26(31)34)12-16-11-17(27)13-22(28)23(16)36-14-15-3-5-18(29)6-4-15/h3-13H,2,14H2,1H3,(H,30,32,34)/b21-12+. The highest BCUT2D eigenvalue weighted by Crippen LogP contribution is 2.36. The Morgan fingerprint density at radius 1 is 0.972 bits per heavy atom. The first kappa shape index (κ1) is 25.9. The number of nitrogens with one attached hydrogen (secondary N) is 1. The number of imide groups is 2. The number of halogens is 3. The largest absolute Gasteiger partial charge is 0.494 e. The van der Waals surface area contributed by atoms with E-state index in [0.29, 0.717) is 43.3 Å². The summed E-state index contributed by atoms with van der Waals surface area (Å²) in [7, 11) is 0. The maximum atomic E-state index is 13.3. The molecular formula is C26H19Br2ClN2O5. The molecule has 0 aromatic heterocycles. The normalized spacial score (nSPS) is 14.7. The van der Waals surface area contributed by atoms with Crippen molar-refractivity contribution in [1.29, 1.82) is 0 Å². The van der Waals surface area contributed by atoms with Gasteiger partial charge in [-0.2, -0.15) is 0 Å². The van der Waals surface area contributed by atoms with Crippen LogP contribution in [0, 0.1) is 0 Å². The summed E-state index contributed by atoms with van der Waals surface area (Å²) in [4.78, 5) is 39.5. The van der Waals surface area contributed by atoms with Gasteiger partial charge in [0.2, 0.25) is 0 Å². The zero-order valence-corrected chi connectivity index (χ0v) is 22.8. The van der Waals surface area contributed by atoms with E-state index >= 15 is 0 Å². The summed E-state index contributed by atoms with van der Waals surface area (Å²) in [5.41, 5.74) is 1.43. The number of urea groups is 1. The van der Waals surface area contributed by atoms with E-state index in [0.717, 1.165) is 10.5 Å². The predicted molar refractivity (Wildman–Crippen MR) is 144 cm³/mol. The number of anilines is 1. The van der Waals surface area contributed by atoms with E-state index in [1.54, 1.807) is 48.5 Å². The van der Waals surface area contributed by atoms with Crippen molar-refractivity contribution in [2.24, 2.45) is 0 Å². The molecule has 4 rings (SSSR count). The molecule has 0 unspecified atom stereocenters. The van der Waals surface area contributed by atoms with Crippen LogP contribution < -0.4 is 19.7 Å². The van der Waals surface area contributed by atoms with Crippen molar-refractivity contribution in [3.63, 3.8) is 0 Å². The SMILES string of the molecule is CCOc1ccc(N2C(=O)NC(=O)/C(=C\c3cc(Br)cc(Br)c3OCc3ccc(Cl)cc3)C2=O)cc1. The van der Waals surface area contributed by atoms with Crippen molar-refractivity contribution < 1.29 is 23.9 Å². The molecule has 4 amide bonds.